The average Bonchev–Trinajstić information content (AvgIpc) is 3.74. The molecule has 0 atom stereocenters. The maximum absolute atomic E-state index is 13.6. The highest BCUT2D eigenvalue weighted by Gasteiger charge is 2.31. The van der Waals surface area contributed by atoms with Crippen LogP contribution in [-0.4, -0.2) is 186 Å². The minimum absolute atomic E-state index is 0.0114. The molecule has 25 heteroatoms. The van der Waals surface area contributed by atoms with Crippen molar-refractivity contribution < 1.29 is 92.4 Å². The molecule has 2 heterocycles. The number of nitrogens with two attached hydrogens (primary N) is 1. The molecule has 2 aromatic carbocycles. The molecule has 17 nitrogen and oxygen atoms in total. The topological polar surface area (TPSA) is 181 Å². The number of esters is 1. The third-order valence-electron chi connectivity index (χ3n) is 10.4. The van der Waals surface area contributed by atoms with E-state index in [1.807, 2.05) is 36.7 Å². The number of benzene rings is 2. The molecule has 1 aliphatic rings. The zero-order valence-corrected chi connectivity index (χ0v) is 42.8. The van der Waals surface area contributed by atoms with Crippen LogP contribution in [0, 0.1) is 23.3 Å². The van der Waals surface area contributed by atoms with Crippen molar-refractivity contribution in [3.05, 3.63) is 86.6 Å². The molecule has 0 aliphatic carbocycles. The Bertz CT molecular complexity index is 2150. The first kappa shape index (κ1) is 62.9. The largest absolute Gasteiger partial charge is 0.420 e. The standard InChI is InChI=1S/C50H67F7N4O13S/c1-60(35-37-2-4-38(5-3-37)36-61(9-8-50(55,56)57)49(63)39-32-43-42(7-31-75-43)59-44(58)33-39)10-12-65-14-16-67-18-20-69-22-24-71-26-28-73-30-29-72-27-25-70-23-21-68-19-17-66-15-13-64-11-6-45(62)74-48-46(53)40(51)34-41(52)47(48)54/h2-5,7,31-32,34H,6,8-30,33,35-36H2,1H3,(H2,58,59). The number of carbonyl (C=O) groups is 2. The molecule has 1 amide bonds. The summed E-state index contributed by atoms with van der Waals surface area (Å²) in [4.78, 5) is 33.7. The van der Waals surface area contributed by atoms with E-state index in [9.17, 15) is 40.3 Å². The molecular formula is C50H67F7N4O13S. The Morgan fingerprint density at radius 2 is 1.04 bits per heavy atom. The Labute approximate surface area is 435 Å². The third-order valence-corrected chi connectivity index (χ3v) is 11.2. The van der Waals surface area contributed by atoms with Crippen LogP contribution < -0.4 is 10.5 Å². The van der Waals surface area contributed by atoms with Gasteiger partial charge in [0.2, 0.25) is 17.4 Å². The minimum Gasteiger partial charge on any atom is -0.420 e. The lowest BCUT2D eigenvalue weighted by Crippen LogP contribution is -2.35. The van der Waals surface area contributed by atoms with Gasteiger partial charge in [-0.05, 0) is 35.7 Å². The first-order valence-electron chi connectivity index (χ1n) is 24.2. The average molecular weight is 1100 g/mol. The van der Waals surface area contributed by atoms with Crippen molar-refractivity contribution in [3.8, 4) is 5.75 Å². The van der Waals surface area contributed by atoms with Gasteiger partial charge in [0.1, 0.15) is 5.84 Å². The molecular weight excluding hydrogens is 1030 g/mol. The Hall–Kier alpha value is -4.64. The van der Waals surface area contributed by atoms with Crippen LogP contribution in [0.4, 0.5) is 36.4 Å². The number of thiophene rings is 1. The first-order valence-corrected chi connectivity index (χ1v) is 25.1. The summed E-state index contributed by atoms with van der Waals surface area (Å²) in [5.74, 6) is -9.82. The van der Waals surface area contributed by atoms with Crippen molar-refractivity contribution >= 4 is 40.8 Å². The monoisotopic (exact) mass is 1100 g/mol. The maximum atomic E-state index is 13.6. The summed E-state index contributed by atoms with van der Waals surface area (Å²) in [6, 6.07) is 9.26. The van der Waals surface area contributed by atoms with E-state index in [4.69, 9.17) is 53.1 Å². The van der Waals surface area contributed by atoms with E-state index in [1.165, 1.54) is 16.2 Å². The van der Waals surface area contributed by atoms with Crippen LogP contribution in [0.1, 0.15) is 35.3 Å². The summed E-state index contributed by atoms with van der Waals surface area (Å²) in [6.07, 6.45) is -4.23. The van der Waals surface area contributed by atoms with E-state index >= 15 is 0 Å². The molecule has 420 valence electrons. The van der Waals surface area contributed by atoms with Gasteiger partial charge in [0, 0.05) is 44.2 Å². The van der Waals surface area contributed by atoms with Crippen molar-refractivity contribution in [2.24, 2.45) is 10.7 Å². The van der Waals surface area contributed by atoms with Gasteiger partial charge in [0.25, 0.3) is 5.91 Å². The molecule has 2 N–H and O–H groups in total. The molecule has 1 aromatic heterocycles. The zero-order chi connectivity index (χ0) is 54.1. The number of halogens is 7. The lowest BCUT2D eigenvalue weighted by Gasteiger charge is -2.25. The predicted molar refractivity (Wildman–Crippen MR) is 262 cm³/mol. The van der Waals surface area contributed by atoms with E-state index in [1.54, 1.807) is 12.1 Å². The number of fused-ring (bicyclic) bond motifs is 1. The lowest BCUT2D eigenvalue weighted by atomic mass is 10.1. The van der Waals surface area contributed by atoms with Gasteiger partial charge >= 0.3 is 12.1 Å². The number of aliphatic imine (C=N–C) groups is 1. The smallest absolute Gasteiger partial charge is 0.390 e. The summed E-state index contributed by atoms with van der Waals surface area (Å²) in [7, 11) is 1.96. The molecule has 0 radical (unpaired) electrons. The number of hydrogen-bond acceptors (Lipinski definition) is 17. The summed E-state index contributed by atoms with van der Waals surface area (Å²) in [6.45, 7) is 7.74. The molecule has 0 saturated heterocycles. The normalized spacial score (nSPS) is 12.7. The molecule has 0 fully saturated rings. The van der Waals surface area contributed by atoms with Gasteiger partial charge in [-0.25, -0.2) is 13.8 Å². The van der Waals surface area contributed by atoms with Crippen LogP contribution in [0.15, 0.2) is 52.3 Å². The summed E-state index contributed by atoms with van der Waals surface area (Å²) in [5, 5.41) is 1.82. The van der Waals surface area contributed by atoms with Crippen molar-refractivity contribution in [1.82, 2.24) is 9.80 Å². The van der Waals surface area contributed by atoms with Gasteiger partial charge in [-0.1, -0.05) is 24.3 Å². The van der Waals surface area contributed by atoms with Gasteiger partial charge in [-0.2, -0.15) is 22.0 Å². The van der Waals surface area contributed by atoms with Crippen molar-refractivity contribution in [2.45, 2.75) is 38.5 Å². The zero-order valence-electron chi connectivity index (χ0n) is 42.0. The van der Waals surface area contributed by atoms with Gasteiger partial charge in [0.05, 0.1) is 156 Å². The van der Waals surface area contributed by atoms with Crippen LogP contribution in [-0.2, 0) is 70.0 Å². The van der Waals surface area contributed by atoms with Crippen LogP contribution >= 0.6 is 11.3 Å². The maximum Gasteiger partial charge on any atom is 0.390 e. The molecule has 3 aromatic rings. The molecule has 0 unspecified atom stereocenters. The molecule has 1 aliphatic heterocycles. The lowest BCUT2D eigenvalue weighted by molar-refractivity contribution is -0.144. The first-order chi connectivity index (χ1) is 36.2. The highest BCUT2D eigenvalue weighted by Crippen LogP contribution is 2.32. The van der Waals surface area contributed by atoms with Gasteiger partial charge in [-0.3, -0.25) is 14.5 Å². The second-order valence-corrected chi connectivity index (χ2v) is 17.4. The van der Waals surface area contributed by atoms with Crippen LogP contribution in [0.25, 0.3) is 6.08 Å². The van der Waals surface area contributed by atoms with Crippen LogP contribution in [0.3, 0.4) is 0 Å². The van der Waals surface area contributed by atoms with Crippen molar-refractivity contribution in [2.75, 3.05) is 152 Å². The predicted octanol–water partition coefficient (Wildman–Crippen LogP) is 6.66. The number of alkyl halides is 3. The number of ether oxygens (including phenoxy) is 11. The highest BCUT2D eigenvalue weighted by atomic mass is 32.1. The second-order valence-electron chi connectivity index (χ2n) is 16.4. The number of amides is 1. The number of rotatable bonds is 41. The fourth-order valence-corrected chi connectivity index (χ4v) is 7.38. The number of amidine groups is 1. The van der Waals surface area contributed by atoms with Crippen LogP contribution in [0.5, 0.6) is 5.75 Å². The van der Waals surface area contributed by atoms with Crippen LogP contribution in [0.2, 0.25) is 0 Å². The summed E-state index contributed by atoms with van der Waals surface area (Å²) >= 11 is 1.38. The molecule has 0 spiro atoms. The Morgan fingerprint density at radius 3 is 1.49 bits per heavy atom. The quantitative estimate of drug-likeness (QED) is 0.0210. The molecule has 0 saturated carbocycles. The van der Waals surface area contributed by atoms with E-state index in [-0.39, 0.29) is 51.3 Å². The van der Waals surface area contributed by atoms with Crippen molar-refractivity contribution in [1.29, 1.82) is 0 Å². The number of carbonyl (C=O) groups excluding carboxylic acids is 2. The minimum atomic E-state index is -4.42. The van der Waals surface area contributed by atoms with E-state index < -0.39 is 66.5 Å². The van der Waals surface area contributed by atoms with Gasteiger partial charge < -0.3 is 62.7 Å². The highest BCUT2D eigenvalue weighted by molar-refractivity contribution is 7.11. The SMILES string of the molecule is CN(CCOCCOCCOCCOCCOCCOCCOCCOCCOCCOCCC(=O)Oc1c(F)c(F)cc(F)c1F)Cc1ccc(CN(CCC(F)(F)F)C(=O)C2=Cc3sccc3N=C(N)C2)cc1. The Kier molecular flexibility index (Phi) is 30.5. The summed E-state index contributed by atoms with van der Waals surface area (Å²) < 4.78 is 152. The fourth-order valence-electron chi connectivity index (χ4n) is 6.59. The van der Waals surface area contributed by atoms with E-state index in [2.05, 4.69) is 14.6 Å². The number of nitrogens with zero attached hydrogens (tertiary/aromatic N) is 3. The van der Waals surface area contributed by atoms with Gasteiger partial charge in [-0.15, -0.1) is 11.3 Å². The van der Waals surface area contributed by atoms with Gasteiger partial charge in [0.15, 0.2) is 11.6 Å². The molecule has 0 bridgehead atoms. The Morgan fingerprint density at radius 1 is 0.613 bits per heavy atom. The summed E-state index contributed by atoms with van der Waals surface area (Å²) in [5.41, 5.74) is 8.69. The number of hydrogen-bond donors (Lipinski definition) is 1. The van der Waals surface area contributed by atoms with E-state index in [0.29, 0.717) is 136 Å². The van der Waals surface area contributed by atoms with Crippen molar-refractivity contribution in [3.63, 3.8) is 0 Å². The third kappa shape index (κ3) is 26.8. The Balaban J connectivity index is 0.858. The molecule has 4 rings (SSSR count). The van der Waals surface area contributed by atoms with E-state index in [0.717, 1.165) is 10.4 Å². The number of likely N-dealkylation sites (N-methyl/N-ethyl adjacent to an activating group) is 1. The second kappa shape index (κ2) is 36.4. The fraction of sp³-hybridized carbons (Fsp3) is 0.580. The molecule has 75 heavy (non-hydrogen) atoms.